The van der Waals surface area contributed by atoms with Crippen LogP contribution in [0.5, 0.6) is 5.75 Å². The number of fused-ring (bicyclic) bond motifs is 1. The lowest BCUT2D eigenvalue weighted by molar-refractivity contribution is -0.120. The van der Waals surface area contributed by atoms with Crippen molar-refractivity contribution >= 4 is 40.8 Å². The first-order valence-electron chi connectivity index (χ1n) is 8.98. The highest BCUT2D eigenvalue weighted by atomic mass is 35.5. The molecule has 4 rings (SSSR count). The number of hydrogen-bond donors (Lipinski definition) is 1. The molecule has 2 amide bonds. The number of benzene rings is 1. The number of anilines is 1. The van der Waals surface area contributed by atoms with Gasteiger partial charge >= 0.3 is 0 Å². The second-order valence-electron chi connectivity index (χ2n) is 6.61. The van der Waals surface area contributed by atoms with Crippen LogP contribution in [0.1, 0.15) is 10.6 Å². The third-order valence-electron chi connectivity index (χ3n) is 4.52. The van der Waals surface area contributed by atoms with E-state index in [0.29, 0.717) is 16.3 Å². The molecule has 11 heteroatoms. The molecule has 0 saturated carbocycles. The summed E-state index contributed by atoms with van der Waals surface area (Å²) in [4.78, 5) is 38.8. The molecule has 1 aliphatic rings. The van der Waals surface area contributed by atoms with Crippen molar-refractivity contribution < 1.29 is 18.7 Å². The molecule has 1 aromatic carbocycles. The lowest BCUT2D eigenvalue weighted by atomic mass is 10.1. The van der Waals surface area contributed by atoms with E-state index >= 15 is 0 Å². The standard InChI is InChI=1S/C20H14Cl2FN5O3/c1-28-18-15(6-12(23)7-25-18)31-9-14(20(28)30)26-19(29)17-24-8-13(22)16(27-17)10-2-4-11(21)5-3-10/h2-8,14H,9H2,1H3,(H,26,29)/t14-/m0/s1. The molecule has 0 unspecified atom stereocenters. The molecular formula is C20H14Cl2FN5O3. The second-order valence-corrected chi connectivity index (χ2v) is 7.45. The Morgan fingerprint density at radius 3 is 2.71 bits per heavy atom. The van der Waals surface area contributed by atoms with Gasteiger partial charge in [0.15, 0.2) is 11.6 Å². The molecule has 3 heterocycles. The van der Waals surface area contributed by atoms with Crippen LogP contribution in [0.15, 0.2) is 42.7 Å². The first-order chi connectivity index (χ1) is 14.8. The van der Waals surface area contributed by atoms with Gasteiger partial charge in [-0.1, -0.05) is 35.3 Å². The van der Waals surface area contributed by atoms with Crippen molar-refractivity contribution in [2.24, 2.45) is 0 Å². The lowest BCUT2D eigenvalue weighted by Gasteiger charge is -2.19. The Labute approximate surface area is 186 Å². The highest BCUT2D eigenvalue weighted by molar-refractivity contribution is 6.33. The Kier molecular flexibility index (Phi) is 5.71. The monoisotopic (exact) mass is 461 g/mol. The second kappa shape index (κ2) is 8.44. The van der Waals surface area contributed by atoms with Gasteiger partial charge in [-0.3, -0.25) is 14.5 Å². The Bertz CT molecular complexity index is 1180. The van der Waals surface area contributed by atoms with E-state index in [1.165, 1.54) is 18.1 Å². The van der Waals surface area contributed by atoms with E-state index < -0.39 is 23.7 Å². The van der Waals surface area contributed by atoms with Crippen LogP contribution < -0.4 is 15.0 Å². The minimum absolute atomic E-state index is 0.0976. The number of nitrogens with zero attached hydrogens (tertiary/aromatic N) is 4. The number of likely N-dealkylation sites (N-methyl/N-ethyl adjacent to an activating group) is 1. The van der Waals surface area contributed by atoms with Crippen molar-refractivity contribution in [2.75, 3.05) is 18.6 Å². The zero-order valence-corrected chi connectivity index (χ0v) is 17.5. The number of rotatable bonds is 3. The zero-order valence-electron chi connectivity index (χ0n) is 16.0. The summed E-state index contributed by atoms with van der Waals surface area (Å²) in [6.45, 7) is -0.218. The lowest BCUT2D eigenvalue weighted by Crippen LogP contribution is -2.49. The van der Waals surface area contributed by atoms with E-state index in [9.17, 15) is 14.0 Å². The van der Waals surface area contributed by atoms with Crippen LogP contribution in [-0.4, -0.2) is 46.5 Å². The molecular weight excluding hydrogens is 448 g/mol. The van der Waals surface area contributed by atoms with Crippen molar-refractivity contribution in [1.82, 2.24) is 20.3 Å². The van der Waals surface area contributed by atoms with Crippen molar-refractivity contribution in [1.29, 1.82) is 0 Å². The molecule has 0 bridgehead atoms. The number of nitrogens with one attached hydrogen (secondary N) is 1. The van der Waals surface area contributed by atoms with Crippen LogP contribution >= 0.6 is 23.2 Å². The number of aromatic nitrogens is 3. The minimum Gasteiger partial charge on any atom is -0.487 e. The molecule has 158 valence electrons. The van der Waals surface area contributed by atoms with Gasteiger partial charge < -0.3 is 10.1 Å². The fraction of sp³-hybridized carbons (Fsp3) is 0.150. The largest absolute Gasteiger partial charge is 0.487 e. The summed E-state index contributed by atoms with van der Waals surface area (Å²) in [7, 11) is 1.46. The summed E-state index contributed by atoms with van der Waals surface area (Å²) in [5.41, 5.74) is 0.981. The first kappa shape index (κ1) is 21.0. The average molecular weight is 462 g/mol. The van der Waals surface area contributed by atoms with Crippen LogP contribution in [0.2, 0.25) is 10.0 Å². The number of carbonyl (C=O) groups excluding carboxylic acids is 2. The third-order valence-corrected chi connectivity index (χ3v) is 5.05. The summed E-state index contributed by atoms with van der Waals surface area (Å²) < 4.78 is 19.0. The number of carbonyl (C=O) groups is 2. The molecule has 31 heavy (non-hydrogen) atoms. The smallest absolute Gasteiger partial charge is 0.289 e. The quantitative estimate of drug-likeness (QED) is 0.643. The highest BCUT2D eigenvalue weighted by Crippen LogP contribution is 2.29. The fourth-order valence-corrected chi connectivity index (χ4v) is 3.29. The molecule has 0 fully saturated rings. The van der Waals surface area contributed by atoms with Gasteiger partial charge in [-0.25, -0.2) is 19.3 Å². The number of halogens is 3. The van der Waals surface area contributed by atoms with Gasteiger partial charge in [0.1, 0.15) is 18.5 Å². The van der Waals surface area contributed by atoms with Crippen molar-refractivity contribution in [3.8, 4) is 17.0 Å². The number of ether oxygens (including phenoxy) is 1. The third kappa shape index (κ3) is 4.28. The highest BCUT2D eigenvalue weighted by Gasteiger charge is 2.32. The first-order valence-corrected chi connectivity index (χ1v) is 9.74. The van der Waals surface area contributed by atoms with Gasteiger partial charge in [-0.05, 0) is 12.1 Å². The molecule has 1 aliphatic heterocycles. The topological polar surface area (TPSA) is 97.3 Å². The van der Waals surface area contributed by atoms with E-state index in [0.717, 1.165) is 12.3 Å². The molecule has 2 aromatic heterocycles. The Hall–Kier alpha value is -3.30. The summed E-state index contributed by atoms with van der Waals surface area (Å²) in [5, 5.41) is 3.33. The predicted octanol–water partition coefficient (Wildman–Crippen LogP) is 3.14. The van der Waals surface area contributed by atoms with E-state index in [1.54, 1.807) is 24.3 Å². The summed E-state index contributed by atoms with van der Waals surface area (Å²) in [6, 6.07) is 6.81. The Morgan fingerprint density at radius 1 is 1.23 bits per heavy atom. The normalized spacial score (nSPS) is 15.7. The SMILES string of the molecule is CN1C(=O)[C@@H](NC(=O)c2ncc(Cl)c(-c3ccc(Cl)cc3)n2)COc2cc(F)cnc21. The van der Waals surface area contributed by atoms with Gasteiger partial charge in [0, 0.05) is 23.7 Å². The maximum absolute atomic E-state index is 13.5. The van der Waals surface area contributed by atoms with Gasteiger partial charge in [0.25, 0.3) is 11.8 Å². The van der Waals surface area contributed by atoms with Crippen molar-refractivity contribution in [3.63, 3.8) is 0 Å². The van der Waals surface area contributed by atoms with Gasteiger partial charge in [-0.15, -0.1) is 0 Å². The van der Waals surface area contributed by atoms with Crippen molar-refractivity contribution in [2.45, 2.75) is 6.04 Å². The predicted molar refractivity (Wildman–Crippen MR) is 112 cm³/mol. The van der Waals surface area contributed by atoms with Crippen LogP contribution in [0.3, 0.4) is 0 Å². The average Bonchev–Trinajstić information content (AvgIpc) is 2.86. The van der Waals surface area contributed by atoms with E-state index in [1.807, 2.05) is 0 Å². The van der Waals surface area contributed by atoms with Crippen LogP contribution in [0.4, 0.5) is 10.2 Å². The molecule has 1 atom stereocenters. The molecule has 0 spiro atoms. The number of hydrogen-bond acceptors (Lipinski definition) is 6. The molecule has 0 aliphatic carbocycles. The molecule has 1 N–H and O–H groups in total. The maximum Gasteiger partial charge on any atom is 0.289 e. The number of amides is 2. The fourth-order valence-electron chi connectivity index (χ4n) is 2.97. The summed E-state index contributed by atoms with van der Waals surface area (Å²) >= 11 is 12.1. The Balaban J connectivity index is 1.56. The van der Waals surface area contributed by atoms with Gasteiger partial charge in [0.2, 0.25) is 5.82 Å². The summed E-state index contributed by atoms with van der Waals surface area (Å²) in [6.07, 6.45) is 2.28. The van der Waals surface area contributed by atoms with Crippen LogP contribution in [0.25, 0.3) is 11.3 Å². The van der Waals surface area contributed by atoms with E-state index in [4.69, 9.17) is 27.9 Å². The Morgan fingerprint density at radius 2 is 1.97 bits per heavy atom. The van der Waals surface area contributed by atoms with Gasteiger partial charge in [0.05, 0.1) is 23.1 Å². The molecule has 8 nitrogen and oxygen atoms in total. The van der Waals surface area contributed by atoms with Gasteiger partial charge in [-0.2, -0.15) is 0 Å². The molecule has 3 aromatic rings. The van der Waals surface area contributed by atoms with Crippen LogP contribution in [-0.2, 0) is 4.79 Å². The minimum atomic E-state index is -1.06. The number of pyridine rings is 1. The summed E-state index contributed by atoms with van der Waals surface area (Å²) in [5.74, 6) is -1.73. The molecule has 0 radical (unpaired) electrons. The van der Waals surface area contributed by atoms with E-state index in [-0.39, 0.29) is 29.0 Å². The maximum atomic E-state index is 13.5. The van der Waals surface area contributed by atoms with E-state index in [2.05, 4.69) is 20.3 Å². The molecule has 0 saturated heterocycles. The zero-order chi connectivity index (χ0) is 22.1. The van der Waals surface area contributed by atoms with Crippen molar-refractivity contribution in [3.05, 3.63) is 64.4 Å². The van der Waals surface area contributed by atoms with Crippen LogP contribution in [0, 0.1) is 5.82 Å².